The molecule has 2 rings (SSSR count). The molecule has 0 amide bonds. The van der Waals surface area contributed by atoms with Crippen molar-refractivity contribution >= 4 is 37.7 Å². The molecule has 1 aliphatic rings. The number of aromatic nitrogens is 2. The molecule has 88 valence electrons. The molecule has 2 heterocycles. The number of ether oxygens (including phenoxy) is 1. The maximum Gasteiger partial charge on any atom is 0.267 e. The highest BCUT2D eigenvalue weighted by molar-refractivity contribution is 9.10. The average molecular weight is 353 g/mol. The van der Waals surface area contributed by atoms with Crippen molar-refractivity contribution in [2.45, 2.75) is 6.04 Å². The van der Waals surface area contributed by atoms with Gasteiger partial charge in [-0.15, -0.1) is 0 Å². The summed E-state index contributed by atoms with van der Waals surface area (Å²) in [4.78, 5) is 20.3. The molecule has 0 spiro atoms. The Hall–Kier alpha value is -0.400. The lowest BCUT2D eigenvalue weighted by molar-refractivity contribution is 0.0999. The molecule has 1 aromatic rings. The number of anilines is 1. The van der Waals surface area contributed by atoms with Crippen LogP contribution < -0.4 is 10.5 Å². The van der Waals surface area contributed by atoms with Crippen LogP contribution in [0.4, 0.5) is 5.82 Å². The highest BCUT2D eigenvalue weighted by Crippen LogP contribution is 2.23. The second-order valence-electron chi connectivity index (χ2n) is 3.45. The molecular formula is C9H11Br2N3O2. The van der Waals surface area contributed by atoms with Crippen LogP contribution >= 0.6 is 31.9 Å². The van der Waals surface area contributed by atoms with Crippen LogP contribution in [0.5, 0.6) is 0 Å². The van der Waals surface area contributed by atoms with Crippen molar-refractivity contribution in [2.24, 2.45) is 0 Å². The van der Waals surface area contributed by atoms with Gasteiger partial charge in [-0.1, -0.05) is 15.9 Å². The zero-order chi connectivity index (χ0) is 11.5. The predicted octanol–water partition coefficient (Wildman–Crippen LogP) is 1.13. The molecular weight excluding hydrogens is 342 g/mol. The molecule has 16 heavy (non-hydrogen) atoms. The lowest BCUT2D eigenvalue weighted by Gasteiger charge is -2.35. The van der Waals surface area contributed by atoms with E-state index in [4.69, 9.17) is 4.74 Å². The van der Waals surface area contributed by atoms with Crippen LogP contribution in [0.1, 0.15) is 0 Å². The number of H-pyrrole nitrogens is 1. The van der Waals surface area contributed by atoms with Gasteiger partial charge < -0.3 is 14.6 Å². The van der Waals surface area contributed by atoms with Crippen molar-refractivity contribution in [2.75, 3.05) is 30.0 Å². The SMILES string of the molecule is O=c1[nH]cnc(N2CCOCC2CBr)c1Br. The Bertz CT molecular complexity index is 423. The number of rotatable bonds is 2. The first-order chi connectivity index (χ1) is 7.74. The van der Waals surface area contributed by atoms with Gasteiger partial charge in [-0.05, 0) is 15.9 Å². The van der Waals surface area contributed by atoms with E-state index in [0.29, 0.717) is 23.5 Å². The topological polar surface area (TPSA) is 58.2 Å². The van der Waals surface area contributed by atoms with Gasteiger partial charge >= 0.3 is 0 Å². The van der Waals surface area contributed by atoms with Gasteiger partial charge in [0.05, 0.1) is 25.6 Å². The van der Waals surface area contributed by atoms with Crippen LogP contribution in [0.15, 0.2) is 15.6 Å². The number of hydrogen-bond acceptors (Lipinski definition) is 4. The van der Waals surface area contributed by atoms with E-state index in [1.807, 2.05) is 0 Å². The van der Waals surface area contributed by atoms with Crippen LogP contribution in [0.2, 0.25) is 0 Å². The first kappa shape index (κ1) is 12.1. The van der Waals surface area contributed by atoms with Gasteiger partial charge in [0.15, 0.2) is 5.82 Å². The molecule has 0 bridgehead atoms. The van der Waals surface area contributed by atoms with Crippen molar-refractivity contribution in [3.63, 3.8) is 0 Å². The van der Waals surface area contributed by atoms with Crippen LogP contribution in [0, 0.1) is 0 Å². The number of morpholine rings is 1. The molecule has 0 radical (unpaired) electrons. The van der Waals surface area contributed by atoms with Crippen molar-refractivity contribution in [3.8, 4) is 0 Å². The third-order valence-electron chi connectivity index (χ3n) is 2.46. The molecule has 1 unspecified atom stereocenters. The largest absolute Gasteiger partial charge is 0.377 e. The fourth-order valence-electron chi connectivity index (χ4n) is 1.64. The number of hydrogen-bond donors (Lipinski definition) is 1. The minimum Gasteiger partial charge on any atom is -0.377 e. The number of aromatic amines is 1. The normalized spacial score (nSPS) is 21.1. The first-order valence-electron chi connectivity index (χ1n) is 4.87. The van der Waals surface area contributed by atoms with Crippen LogP contribution in [-0.2, 0) is 4.74 Å². The zero-order valence-electron chi connectivity index (χ0n) is 8.45. The van der Waals surface area contributed by atoms with Gasteiger partial charge in [-0.2, -0.15) is 0 Å². The van der Waals surface area contributed by atoms with Gasteiger partial charge in [-0.3, -0.25) is 4.79 Å². The highest BCUT2D eigenvalue weighted by atomic mass is 79.9. The molecule has 0 aromatic carbocycles. The van der Waals surface area contributed by atoms with Crippen molar-refractivity contribution in [1.29, 1.82) is 0 Å². The number of nitrogens with one attached hydrogen (secondary N) is 1. The molecule has 5 nitrogen and oxygen atoms in total. The van der Waals surface area contributed by atoms with E-state index >= 15 is 0 Å². The number of halogens is 2. The minimum atomic E-state index is -0.162. The van der Waals surface area contributed by atoms with Gasteiger partial charge in [0.1, 0.15) is 4.47 Å². The molecule has 1 fully saturated rings. The monoisotopic (exact) mass is 351 g/mol. The zero-order valence-corrected chi connectivity index (χ0v) is 11.6. The molecule has 0 saturated carbocycles. The Labute approximate surface area is 109 Å². The first-order valence-corrected chi connectivity index (χ1v) is 6.79. The Morgan fingerprint density at radius 3 is 3.25 bits per heavy atom. The van der Waals surface area contributed by atoms with E-state index in [9.17, 15) is 4.79 Å². The van der Waals surface area contributed by atoms with Gasteiger partial charge in [0.2, 0.25) is 0 Å². The predicted molar refractivity (Wildman–Crippen MR) is 68.3 cm³/mol. The van der Waals surface area contributed by atoms with Gasteiger partial charge in [0.25, 0.3) is 5.56 Å². The molecule has 1 aliphatic heterocycles. The van der Waals surface area contributed by atoms with Crippen LogP contribution in [0.3, 0.4) is 0 Å². The Balaban J connectivity index is 2.34. The smallest absolute Gasteiger partial charge is 0.267 e. The fourth-order valence-corrected chi connectivity index (χ4v) is 2.62. The second-order valence-corrected chi connectivity index (χ2v) is 4.89. The maximum absolute atomic E-state index is 11.5. The van der Waals surface area contributed by atoms with E-state index < -0.39 is 0 Å². The highest BCUT2D eigenvalue weighted by Gasteiger charge is 2.25. The molecule has 0 aliphatic carbocycles. The van der Waals surface area contributed by atoms with Crippen molar-refractivity contribution in [1.82, 2.24) is 9.97 Å². The van der Waals surface area contributed by atoms with Crippen LogP contribution in [-0.4, -0.2) is 41.1 Å². The van der Waals surface area contributed by atoms with E-state index in [2.05, 4.69) is 46.7 Å². The summed E-state index contributed by atoms with van der Waals surface area (Å²) in [5.74, 6) is 0.677. The summed E-state index contributed by atoms with van der Waals surface area (Å²) in [7, 11) is 0. The number of nitrogens with zero attached hydrogens (tertiary/aromatic N) is 2. The van der Waals surface area contributed by atoms with Gasteiger partial charge in [0, 0.05) is 11.9 Å². The van der Waals surface area contributed by atoms with Crippen molar-refractivity contribution < 1.29 is 4.74 Å². The molecule has 1 atom stereocenters. The Kier molecular flexibility index (Phi) is 3.99. The number of alkyl halides is 1. The summed E-state index contributed by atoms with van der Waals surface area (Å²) in [5, 5.41) is 0.786. The fraction of sp³-hybridized carbons (Fsp3) is 0.556. The van der Waals surface area contributed by atoms with E-state index in [1.165, 1.54) is 6.33 Å². The third-order valence-corrected chi connectivity index (χ3v) is 3.92. The summed E-state index contributed by atoms with van der Waals surface area (Å²) in [5.41, 5.74) is -0.162. The maximum atomic E-state index is 11.5. The summed E-state index contributed by atoms with van der Waals surface area (Å²) >= 11 is 6.71. The summed E-state index contributed by atoms with van der Waals surface area (Å²) < 4.78 is 5.87. The van der Waals surface area contributed by atoms with Crippen LogP contribution in [0.25, 0.3) is 0 Å². The van der Waals surface area contributed by atoms with Crippen molar-refractivity contribution in [3.05, 3.63) is 21.2 Å². The molecule has 1 N–H and O–H groups in total. The molecule has 1 aromatic heterocycles. The standard InChI is InChI=1S/C9H11Br2N3O2/c10-3-6-4-16-2-1-14(6)8-7(11)9(15)13-5-12-8/h5-6H,1-4H2,(H,12,13,15). The Morgan fingerprint density at radius 2 is 2.50 bits per heavy atom. The average Bonchev–Trinajstić information content (AvgIpc) is 2.33. The lowest BCUT2D eigenvalue weighted by atomic mass is 10.2. The summed E-state index contributed by atoms with van der Waals surface area (Å²) in [6.45, 7) is 2.04. The molecule has 7 heteroatoms. The quantitative estimate of drug-likeness (QED) is 0.811. The lowest BCUT2D eigenvalue weighted by Crippen LogP contribution is -2.47. The third kappa shape index (κ3) is 2.31. The van der Waals surface area contributed by atoms with E-state index in [0.717, 1.165) is 11.9 Å². The Morgan fingerprint density at radius 1 is 1.69 bits per heavy atom. The van der Waals surface area contributed by atoms with E-state index in [1.54, 1.807) is 0 Å². The summed E-state index contributed by atoms with van der Waals surface area (Å²) in [6.07, 6.45) is 1.42. The molecule has 1 saturated heterocycles. The van der Waals surface area contributed by atoms with Gasteiger partial charge in [-0.25, -0.2) is 4.98 Å². The minimum absolute atomic E-state index is 0.162. The summed E-state index contributed by atoms with van der Waals surface area (Å²) in [6, 6.07) is 0.208. The van der Waals surface area contributed by atoms with E-state index in [-0.39, 0.29) is 11.6 Å². The second kappa shape index (κ2) is 5.29.